The summed E-state index contributed by atoms with van der Waals surface area (Å²) in [5.74, 6) is 1.67. The molecule has 2 aromatic carbocycles. The Kier molecular flexibility index (Phi) is 5.63. The van der Waals surface area contributed by atoms with Gasteiger partial charge in [0.05, 0.1) is 27.0 Å². The van der Waals surface area contributed by atoms with Gasteiger partial charge in [-0.1, -0.05) is 24.3 Å². The number of hydrogen-bond acceptors (Lipinski definition) is 6. The molecule has 0 saturated heterocycles. The van der Waals surface area contributed by atoms with Crippen LogP contribution in [0, 0.1) is 6.92 Å². The van der Waals surface area contributed by atoms with Crippen molar-refractivity contribution in [2.45, 2.75) is 19.9 Å². The van der Waals surface area contributed by atoms with Crippen LogP contribution in [0.4, 0.5) is 0 Å². The van der Waals surface area contributed by atoms with E-state index in [9.17, 15) is 4.79 Å². The van der Waals surface area contributed by atoms with Gasteiger partial charge in [0.2, 0.25) is 5.75 Å². The van der Waals surface area contributed by atoms with Crippen molar-refractivity contribution in [3.05, 3.63) is 58.1 Å². The molecule has 6 nitrogen and oxygen atoms in total. The van der Waals surface area contributed by atoms with Crippen molar-refractivity contribution in [3.63, 3.8) is 0 Å². The van der Waals surface area contributed by atoms with Crippen LogP contribution in [0.25, 0.3) is 10.6 Å². The van der Waals surface area contributed by atoms with Crippen molar-refractivity contribution in [2.75, 3.05) is 27.9 Å². The third-order valence-electron chi connectivity index (χ3n) is 5.32. The summed E-state index contributed by atoms with van der Waals surface area (Å²) in [6, 6.07) is 12.0. The highest BCUT2D eigenvalue weighted by molar-refractivity contribution is 7.17. The summed E-state index contributed by atoms with van der Waals surface area (Å²) in [7, 11) is 4.73. The zero-order valence-corrected chi connectivity index (χ0v) is 18.3. The van der Waals surface area contributed by atoms with Crippen LogP contribution in [0.1, 0.15) is 26.5 Å². The van der Waals surface area contributed by atoms with Gasteiger partial charge in [-0.3, -0.25) is 4.79 Å². The molecule has 0 fully saturated rings. The first-order valence-corrected chi connectivity index (χ1v) is 10.5. The number of fused-ring (bicyclic) bond motifs is 1. The van der Waals surface area contributed by atoms with Crippen molar-refractivity contribution < 1.29 is 19.0 Å². The summed E-state index contributed by atoms with van der Waals surface area (Å²) < 4.78 is 16.3. The minimum Gasteiger partial charge on any atom is -0.493 e. The number of nitrogens with zero attached hydrogens (tertiary/aromatic N) is 2. The van der Waals surface area contributed by atoms with Gasteiger partial charge < -0.3 is 19.1 Å². The van der Waals surface area contributed by atoms with E-state index in [1.54, 1.807) is 21.3 Å². The summed E-state index contributed by atoms with van der Waals surface area (Å²) in [4.78, 5) is 20.5. The molecule has 1 aliphatic heterocycles. The standard InChI is InChI=1S/C23H24N2O4S/c1-14-21(23(26)25-10-9-15-7-5-6-8-16(15)13-25)30-22(24-14)17-11-18(27-2)20(29-4)19(12-17)28-3/h5-8,11-12H,9-10,13H2,1-4H3. The second-order valence-electron chi connectivity index (χ2n) is 7.09. The van der Waals surface area contributed by atoms with Crippen LogP contribution in [0.5, 0.6) is 17.2 Å². The molecule has 1 aliphatic rings. The predicted octanol–water partition coefficient (Wildman–Crippen LogP) is 4.34. The van der Waals surface area contributed by atoms with E-state index in [-0.39, 0.29) is 5.91 Å². The van der Waals surface area contributed by atoms with Gasteiger partial charge in [-0.15, -0.1) is 11.3 Å². The molecule has 30 heavy (non-hydrogen) atoms. The number of aryl methyl sites for hydroxylation is 1. The van der Waals surface area contributed by atoms with Crippen LogP contribution < -0.4 is 14.2 Å². The van der Waals surface area contributed by atoms with E-state index >= 15 is 0 Å². The molecule has 0 spiro atoms. The van der Waals surface area contributed by atoms with Crippen LogP contribution in [0.15, 0.2) is 36.4 Å². The molecule has 0 N–H and O–H groups in total. The number of amides is 1. The van der Waals surface area contributed by atoms with E-state index in [1.165, 1.54) is 22.5 Å². The van der Waals surface area contributed by atoms with Gasteiger partial charge in [0, 0.05) is 18.7 Å². The fraction of sp³-hybridized carbons (Fsp3) is 0.304. The minimum absolute atomic E-state index is 0.0261. The normalized spacial score (nSPS) is 13.0. The van der Waals surface area contributed by atoms with Gasteiger partial charge in [-0.05, 0) is 36.6 Å². The number of hydrogen-bond donors (Lipinski definition) is 0. The second kappa shape index (κ2) is 8.36. The number of thiazole rings is 1. The van der Waals surface area contributed by atoms with Crippen molar-refractivity contribution in [1.82, 2.24) is 9.88 Å². The van der Waals surface area contributed by atoms with Crippen LogP contribution in [0.2, 0.25) is 0 Å². The van der Waals surface area contributed by atoms with Gasteiger partial charge in [0.15, 0.2) is 11.5 Å². The van der Waals surface area contributed by atoms with E-state index < -0.39 is 0 Å². The SMILES string of the molecule is COc1cc(-c2nc(C)c(C(=O)N3CCc4ccccc4C3)s2)cc(OC)c1OC. The summed E-state index contributed by atoms with van der Waals surface area (Å²) in [6.45, 7) is 3.22. The van der Waals surface area contributed by atoms with Crippen molar-refractivity contribution in [1.29, 1.82) is 0 Å². The molecule has 0 unspecified atom stereocenters. The first-order chi connectivity index (χ1) is 14.5. The van der Waals surface area contributed by atoms with Gasteiger partial charge >= 0.3 is 0 Å². The Morgan fingerprint density at radius 1 is 1.03 bits per heavy atom. The Balaban J connectivity index is 1.65. The smallest absolute Gasteiger partial charge is 0.266 e. The number of rotatable bonds is 5. The predicted molar refractivity (Wildman–Crippen MR) is 117 cm³/mol. The Labute approximate surface area is 180 Å². The Morgan fingerprint density at radius 2 is 1.70 bits per heavy atom. The van der Waals surface area contributed by atoms with E-state index in [4.69, 9.17) is 14.2 Å². The molecule has 4 rings (SSSR count). The summed E-state index contributed by atoms with van der Waals surface area (Å²) in [5.41, 5.74) is 4.08. The minimum atomic E-state index is 0.0261. The highest BCUT2D eigenvalue weighted by Gasteiger charge is 2.26. The molecule has 0 atom stereocenters. The van der Waals surface area contributed by atoms with Crippen LogP contribution in [-0.2, 0) is 13.0 Å². The quantitative estimate of drug-likeness (QED) is 0.610. The number of aromatic nitrogens is 1. The van der Waals surface area contributed by atoms with Crippen molar-refractivity contribution in [3.8, 4) is 27.8 Å². The average molecular weight is 425 g/mol. The maximum atomic E-state index is 13.2. The van der Waals surface area contributed by atoms with Gasteiger partial charge in [-0.25, -0.2) is 4.98 Å². The lowest BCUT2D eigenvalue weighted by Gasteiger charge is -2.28. The molecular weight excluding hydrogens is 400 g/mol. The lowest BCUT2D eigenvalue weighted by atomic mass is 10.00. The van der Waals surface area contributed by atoms with Gasteiger partial charge in [0.25, 0.3) is 5.91 Å². The van der Waals surface area contributed by atoms with Gasteiger partial charge in [-0.2, -0.15) is 0 Å². The Hall–Kier alpha value is -3.06. The van der Waals surface area contributed by atoms with Crippen molar-refractivity contribution in [2.24, 2.45) is 0 Å². The molecule has 156 valence electrons. The molecule has 0 radical (unpaired) electrons. The maximum Gasteiger partial charge on any atom is 0.266 e. The molecule has 7 heteroatoms. The lowest BCUT2D eigenvalue weighted by molar-refractivity contribution is 0.0738. The zero-order chi connectivity index (χ0) is 21.3. The molecule has 0 aliphatic carbocycles. The molecule has 1 amide bonds. The third kappa shape index (κ3) is 3.61. The molecule has 0 bridgehead atoms. The fourth-order valence-electron chi connectivity index (χ4n) is 3.74. The molecular formula is C23H24N2O4S. The summed E-state index contributed by atoms with van der Waals surface area (Å²) >= 11 is 1.39. The van der Waals surface area contributed by atoms with Crippen LogP contribution in [0.3, 0.4) is 0 Å². The maximum absolute atomic E-state index is 13.2. The first kappa shape index (κ1) is 20.2. The largest absolute Gasteiger partial charge is 0.493 e. The topological polar surface area (TPSA) is 60.9 Å². The number of methoxy groups -OCH3 is 3. The summed E-state index contributed by atoms with van der Waals surface area (Å²) in [6.07, 6.45) is 0.875. The van der Waals surface area contributed by atoms with E-state index in [2.05, 4.69) is 17.1 Å². The zero-order valence-electron chi connectivity index (χ0n) is 17.5. The number of benzene rings is 2. The van der Waals surface area contributed by atoms with Gasteiger partial charge in [0.1, 0.15) is 9.88 Å². The Bertz CT molecular complexity index is 1070. The first-order valence-electron chi connectivity index (χ1n) is 9.69. The molecule has 2 heterocycles. The lowest BCUT2D eigenvalue weighted by Crippen LogP contribution is -2.35. The Morgan fingerprint density at radius 3 is 2.33 bits per heavy atom. The van der Waals surface area contributed by atoms with Crippen molar-refractivity contribution >= 4 is 17.2 Å². The summed E-state index contributed by atoms with van der Waals surface area (Å²) in [5, 5.41) is 0.743. The third-order valence-corrected chi connectivity index (χ3v) is 6.51. The monoisotopic (exact) mass is 424 g/mol. The highest BCUT2D eigenvalue weighted by atomic mass is 32.1. The molecule has 0 saturated carbocycles. The van der Waals surface area contributed by atoms with Crippen LogP contribution in [-0.4, -0.2) is 43.7 Å². The molecule has 1 aromatic heterocycles. The number of carbonyl (C=O) groups is 1. The van der Waals surface area contributed by atoms with E-state index in [0.717, 1.165) is 22.7 Å². The highest BCUT2D eigenvalue weighted by Crippen LogP contribution is 2.42. The number of carbonyl (C=O) groups excluding carboxylic acids is 1. The number of ether oxygens (including phenoxy) is 3. The van der Waals surface area contributed by atoms with Crippen LogP contribution >= 0.6 is 11.3 Å². The van der Waals surface area contributed by atoms with E-state index in [1.807, 2.05) is 36.1 Å². The van der Waals surface area contributed by atoms with E-state index in [0.29, 0.717) is 35.2 Å². The fourth-order valence-corrected chi connectivity index (χ4v) is 4.76. The second-order valence-corrected chi connectivity index (χ2v) is 8.09. The average Bonchev–Trinajstić information content (AvgIpc) is 3.18. The molecule has 3 aromatic rings.